The molecule has 2 aromatic rings. The summed E-state index contributed by atoms with van der Waals surface area (Å²) in [6.07, 6.45) is -0.566. The lowest BCUT2D eigenvalue weighted by Crippen LogP contribution is -2.27. The number of nitrogens with one attached hydrogen (secondary N) is 1. The molecule has 1 amide bonds. The van der Waals surface area contributed by atoms with Crippen LogP contribution in [0.15, 0.2) is 30.3 Å². The number of carbonyl (C=O) groups excluding carboxylic acids is 1. The molecule has 0 fully saturated rings. The standard InChI is InChI=1S/C15H15ClIN3O3/c1-15(2,3)23-14(21)18-9-6-4-5-7-10(9)22-12-8-11(16)19-13(17)20-12/h4-8H,1-3H3,(H,18,21). The van der Waals surface area contributed by atoms with Crippen LogP contribution in [0.25, 0.3) is 0 Å². The van der Waals surface area contributed by atoms with Crippen LogP contribution in [-0.4, -0.2) is 21.7 Å². The van der Waals surface area contributed by atoms with E-state index in [0.717, 1.165) is 0 Å². The Bertz CT molecular complexity index is 699. The fourth-order valence-corrected chi connectivity index (χ4v) is 2.42. The van der Waals surface area contributed by atoms with E-state index in [2.05, 4.69) is 15.3 Å². The highest BCUT2D eigenvalue weighted by Crippen LogP contribution is 2.29. The van der Waals surface area contributed by atoms with Crippen molar-refractivity contribution in [3.8, 4) is 11.6 Å². The van der Waals surface area contributed by atoms with Crippen molar-refractivity contribution < 1.29 is 14.3 Å². The summed E-state index contributed by atoms with van der Waals surface area (Å²) in [5.41, 5.74) is -0.123. The molecule has 0 aliphatic heterocycles. The van der Waals surface area contributed by atoms with Crippen molar-refractivity contribution in [2.45, 2.75) is 26.4 Å². The van der Waals surface area contributed by atoms with Crippen molar-refractivity contribution in [3.63, 3.8) is 0 Å². The maximum absolute atomic E-state index is 11.9. The largest absolute Gasteiger partial charge is 0.444 e. The molecule has 0 aliphatic rings. The predicted molar refractivity (Wildman–Crippen MR) is 96.1 cm³/mol. The van der Waals surface area contributed by atoms with E-state index < -0.39 is 11.7 Å². The molecule has 0 saturated heterocycles. The van der Waals surface area contributed by atoms with E-state index >= 15 is 0 Å². The number of halogens is 2. The van der Waals surface area contributed by atoms with Crippen LogP contribution in [0, 0.1) is 3.83 Å². The number of hydrogen-bond acceptors (Lipinski definition) is 5. The molecule has 122 valence electrons. The van der Waals surface area contributed by atoms with Crippen LogP contribution in [-0.2, 0) is 4.74 Å². The zero-order valence-electron chi connectivity index (χ0n) is 12.8. The number of carbonyl (C=O) groups is 1. The van der Waals surface area contributed by atoms with Crippen molar-refractivity contribution in [2.24, 2.45) is 0 Å². The lowest BCUT2D eigenvalue weighted by molar-refractivity contribution is 0.0635. The van der Waals surface area contributed by atoms with Crippen LogP contribution >= 0.6 is 34.2 Å². The molecule has 1 aromatic heterocycles. The third-order valence-corrected chi connectivity index (χ3v) is 3.06. The van der Waals surface area contributed by atoms with Gasteiger partial charge in [-0.15, -0.1) is 0 Å². The van der Waals surface area contributed by atoms with Crippen molar-refractivity contribution in [1.82, 2.24) is 9.97 Å². The number of amides is 1. The van der Waals surface area contributed by atoms with Crippen molar-refractivity contribution >= 4 is 46.0 Å². The molecule has 1 heterocycles. The van der Waals surface area contributed by atoms with E-state index in [1.54, 1.807) is 45.0 Å². The number of hydrogen-bond donors (Lipinski definition) is 1. The van der Waals surface area contributed by atoms with Crippen molar-refractivity contribution in [2.75, 3.05) is 5.32 Å². The van der Waals surface area contributed by atoms with Gasteiger partial charge < -0.3 is 9.47 Å². The third kappa shape index (κ3) is 5.83. The van der Waals surface area contributed by atoms with Crippen LogP contribution in [0.1, 0.15) is 20.8 Å². The van der Waals surface area contributed by atoms with E-state index in [-0.39, 0.29) is 11.0 Å². The first-order chi connectivity index (χ1) is 10.7. The minimum absolute atomic E-state index is 0.275. The number of ether oxygens (including phenoxy) is 2. The Morgan fingerprint density at radius 1 is 1.26 bits per heavy atom. The molecule has 2 rings (SSSR count). The van der Waals surface area contributed by atoms with Gasteiger partial charge in [0.2, 0.25) is 5.88 Å². The van der Waals surface area contributed by atoms with E-state index in [1.807, 2.05) is 22.6 Å². The molecule has 0 unspecified atom stereocenters. The molecule has 0 spiro atoms. The van der Waals surface area contributed by atoms with Gasteiger partial charge in [0, 0.05) is 28.7 Å². The average Bonchev–Trinajstić information content (AvgIpc) is 2.37. The first-order valence-electron chi connectivity index (χ1n) is 6.70. The van der Waals surface area contributed by atoms with Crippen LogP contribution < -0.4 is 10.1 Å². The fraction of sp³-hybridized carbons (Fsp3) is 0.267. The fourth-order valence-electron chi connectivity index (χ4n) is 1.61. The van der Waals surface area contributed by atoms with Gasteiger partial charge in [-0.1, -0.05) is 23.7 Å². The second-order valence-corrected chi connectivity index (χ2v) is 6.88. The number of aromatic nitrogens is 2. The number of rotatable bonds is 3. The second-order valence-electron chi connectivity index (χ2n) is 5.52. The highest BCUT2D eigenvalue weighted by Gasteiger charge is 2.17. The molecule has 23 heavy (non-hydrogen) atoms. The minimum atomic E-state index is -0.587. The predicted octanol–water partition coefficient (Wildman–Crippen LogP) is 4.87. The van der Waals surface area contributed by atoms with E-state index in [4.69, 9.17) is 21.1 Å². The Hall–Kier alpha value is -1.61. The summed E-state index contributed by atoms with van der Waals surface area (Å²) in [5.74, 6) is 0.705. The molecule has 1 N–H and O–H groups in total. The summed E-state index contributed by atoms with van der Waals surface area (Å²) >= 11 is 7.83. The Kier molecular flexibility index (Phi) is 5.64. The second kappa shape index (κ2) is 7.31. The Morgan fingerprint density at radius 2 is 1.96 bits per heavy atom. The van der Waals surface area contributed by atoms with Gasteiger partial charge in [-0.2, -0.15) is 4.98 Å². The van der Waals surface area contributed by atoms with Gasteiger partial charge in [-0.05, 0) is 32.9 Å². The third-order valence-electron chi connectivity index (χ3n) is 2.38. The number of nitrogens with zero attached hydrogens (tertiary/aromatic N) is 2. The smallest absolute Gasteiger partial charge is 0.412 e. The Balaban J connectivity index is 2.19. The highest BCUT2D eigenvalue weighted by atomic mass is 127. The quantitative estimate of drug-likeness (QED) is 0.413. The van der Waals surface area contributed by atoms with Gasteiger partial charge in [0.15, 0.2) is 9.58 Å². The van der Waals surface area contributed by atoms with E-state index in [9.17, 15) is 4.79 Å². The zero-order chi connectivity index (χ0) is 17.0. The monoisotopic (exact) mass is 447 g/mol. The molecule has 0 saturated carbocycles. The molecule has 1 aromatic carbocycles. The van der Waals surface area contributed by atoms with Gasteiger partial charge in [0.05, 0.1) is 5.69 Å². The molecule has 8 heteroatoms. The molecule has 6 nitrogen and oxygen atoms in total. The van der Waals surface area contributed by atoms with Crippen LogP contribution in [0.5, 0.6) is 11.6 Å². The summed E-state index contributed by atoms with van der Waals surface area (Å²) in [6.45, 7) is 5.37. The molecule has 0 radical (unpaired) electrons. The van der Waals surface area contributed by atoms with Crippen molar-refractivity contribution in [3.05, 3.63) is 39.3 Å². The average molecular weight is 448 g/mol. The molecular formula is C15H15ClIN3O3. The first-order valence-corrected chi connectivity index (χ1v) is 8.15. The van der Waals surface area contributed by atoms with Gasteiger partial charge >= 0.3 is 6.09 Å². The number of para-hydroxylation sites is 2. The number of anilines is 1. The van der Waals surface area contributed by atoms with Crippen LogP contribution in [0.4, 0.5) is 10.5 Å². The lowest BCUT2D eigenvalue weighted by Gasteiger charge is -2.20. The van der Waals surface area contributed by atoms with Crippen LogP contribution in [0.2, 0.25) is 5.15 Å². The topological polar surface area (TPSA) is 73.3 Å². The maximum atomic E-state index is 11.9. The molecule has 0 aliphatic carbocycles. The first kappa shape index (κ1) is 17.7. The SMILES string of the molecule is CC(C)(C)OC(=O)Nc1ccccc1Oc1cc(Cl)nc(I)n1. The summed E-state index contributed by atoms with van der Waals surface area (Å²) in [7, 11) is 0. The van der Waals surface area contributed by atoms with Crippen molar-refractivity contribution in [1.29, 1.82) is 0 Å². The summed E-state index contributed by atoms with van der Waals surface area (Å²) in [5, 5.41) is 2.93. The Labute approximate surface area is 152 Å². The zero-order valence-corrected chi connectivity index (χ0v) is 15.7. The van der Waals surface area contributed by atoms with Gasteiger partial charge in [-0.3, -0.25) is 5.32 Å². The molecule has 0 atom stereocenters. The van der Waals surface area contributed by atoms with Gasteiger partial charge in [-0.25, -0.2) is 9.78 Å². The van der Waals surface area contributed by atoms with E-state index in [1.165, 1.54) is 6.07 Å². The van der Waals surface area contributed by atoms with E-state index in [0.29, 0.717) is 15.3 Å². The lowest BCUT2D eigenvalue weighted by atomic mass is 10.2. The van der Waals surface area contributed by atoms with Crippen LogP contribution in [0.3, 0.4) is 0 Å². The van der Waals surface area contributed by atoms with Gasteiger partial charge in [0.25, 0.3) is 0 Å². The number of benzene rings is 1. The molecular weight excluding hydrogens is 433 g/mol. The normalized spacial score (nSPS) is 11.0. The summed E-state index contributed by atoms with van der Waals surface area (Å²) in [6, 6.07) is 8.45. The summed E-state index contributed by atoms with van der Waals surface area (Å²) < 4.78 is 11.4. The Morgan fingerprint density at radius 3 is 2.61 bits per heavy atom. The highest BCUT2D eigenvalue weighted by molar-refractivity contribution is 14.1. The molecule has 0 bridgehead atoms. The van der Waals surface area contributed by atoms with Gasteiger partial charge in [0.1, 0.15) is 10.8 Å². The summed E-state index contributed by atoms with van der Waals surface area (Å²) in [4.78, 5) is 20.0. The maximum Gasteiger partial charge on any atom is 0.412 e. The minimum Gasteiger partial charge on any atom is -0.444 e.